The van der Waals surface area contributed by atoms with E-state index in [1.165, 1.54) is 12.0 Å². The molecule has 0 aliphatic heterocycles. The lowest BCUT2D eigenvalue weighted by Crippen LogP contribution is -2.56. The Balaban J connectivity index is 1.21. The Morgan fingerprint density at radius 1 is 1.15 bits per heavy atom. The van der Waals surface area contributed by atoms with Crippen LogP contribution in [-0.2, 0) is 11.2 Å². The van der Waals surface area contributed by atoms with Crippen LogP contribution >= 0.6 is 0 Å². The molecule has 4 nitrogen and oxygen atoms in total. The van der Waals surface area contributed by atoms with Crippen molar-refractivity contribution in [3.05, 3.63) is 42.1 Å². The van der Waals surface area contributed by atoms with Crippen molar-refractivity contribution in [1.82, 2.24) is 10.3 Å². The van der Waals surface area contributed by atoms with Gasteiger partial charge in [-0.1, -0.05) is 24.3 Å². The average Bonchev–Trinajstić information content (AvgIpc) is 2.59. The van der Waals surface area contributed by atoms with Crippen LogP contribution in [0.25, 0.3) is 10.9 Å². The molecule has 142 valence electrons. The molecule has 4 fully saturated rings. The number of hydrogen-bond donors (Lipinski definition) is 2. The molecule has 1 heterocycles. The lowest BCUT2D eigenvalue weighted by molar-refractivity contribution is -0.169. The fourth-order valence-electron chi connectivity index (χ4n) is 6.72. The fourth-order valence-corrected chi connectivity index (χ4v) is 6.72. The van der Waals surface area contributed by atoms with Gasteiger partial charge >= 0.3 is 0 Å². The summed E-state index contributed by atoms with van der Waals surface area (Å²) in [5.41, 5.74) is 1.76. The molecule has 2 N–H and O–H groups in total. The number of hydrogen-bond acceptors (Lipinski definition) is 3. The highest BCUT2D eigenvalue weighted by Gasteiger charge is 2.57. The molecule has 2 unspecified atom stereocenters. The standard InChI is InChI=1S/C23H28N2O2/c26-20(14-22-10-16-9-17(11-22)13-23(27,12-16)15-22)24-8-6-19-4-1-3-18-5-2-7-25-21(18)19/h1-5,7,16-17,27H,6,8-15H2,(H,24,26). The Morgan fingerprint density at radius 3 is 2.70 bits per heavy atom. The lowest BCUT2D eigenvalue weighted by Gasteiger charge is -2.60. The molecule has 4 aliphatic rings. The Hall–Kier alpha value is -1.94. The Bertz CT molecular complexity index is 858. The molecule has 4 aliphatic carbocycles. The Kier molecular flexibility index (Phi) is 4.01. The van der Waals surface area contributed by atoms with Gasteiger partial charge in [-0.3, -0.25) is 9.78 Å². The Labute approximate surface area is 160 Å². The second-order valence-electron chi connectivity index (χ2n) is 9.45. The van der Waals surface area contributed by atoms with E-state index < -0.39 is 5.60 Å². The summed E-state index contributed by atoms with van der Waals surface area (Å²) in [7, 11) is 0. The number of amides is 1. The number of carbonyl (C=O) groups excluding carboxylic acids is 1. The number of para-hydroxylation sites is 1. The number of carbonyl (C=O) groups is 1. The second-order valence-corrected chi connectivity index (χ2v) is 9.45. The van der Waals surface area contributed by atoms with Crippen LogP contribution in [-0.4, -0.2) is 28.1 Å². The van der Waals surface area contributed by atoms with Crippen LogP contribution in [0.1, 0.15) is 50.5 Å². The first kappa shape index (κ1) is 17.2. The van der Waals surface area contributed by atoms with Gasteiger partial charge in [0.25, 0.3) is 0 Å². The molecule has 0 radical (unpaired) electrons. The quantitative estimate of drug-likeness (QED) is 0.852. The third-order valence-electron chi connectivity index (χ3n) is 7.12. The molecule has 4 bridgehead atoms. The van der Waals surface area contributed by atoms with Crippen molar-refractivity contribution >= 4 is 16.8 Å². The normalized spacial score (nSPS) is 34.1. The molecule has 4 saturated carbocycles. The molecule has 1 aromatic heterocycles. The third kappa shape index (κ3) is 3.25. The van der Waals surface area contributed by atoms with Crippen molar-refractivity contribution in [2.75, 3.05) is 6.54 Å². The van der Waals surface area contributed by atoms with Crippen LogP contribution in [0, 0.1) is 17.3 Å². The van der Waals surface area contributed by atoms with Gasteiger partial charge in [0.15, 0.2) is 0 Å². The van der Waals surface area contributed by atoms with E-state index in [0.717, 1.165) is 49.4 Å². The monoisotopic (exact) mass is 364 g/mol. The van der Waals surface area contributed by atoms with Gasteiger partial charge in [-0.2, -0.15) is 0 Å². The third-order valence-corrected chi connectivity index (χ3v) is 7.12. The van der Waals surface area contributed by atoms with Crippen molar-refractivity contribution in [3.63, 3.8) is 0 Å². The van der Waals surface area contributed by atoms with Crippen molar-refractivity contribution < 1.29 is 9.90 Å². The first-order valence-electron chi connectivity index (χ1n) is 10.3. The maximum atomic E-state index is 12.7. The minimum absolute atomic E-state index is 0.0456. The number of nitrogens with zero attached hydrogens (tertiary/aromatic N) is 1. The van der Waals surface area contributed by atoms with Crippen LogP contribution in [0.15, 0.2) is 36.5 Å². The Morgan fingerprint density at radius 2 is 1.93 bits per heavy atom. The molecule has 0 saturated heterocycles. The van der Waals surface area contributed by atoms with Crippen molar-refractivity contribution in [2.24, 2.45) is 17.3 Å². The van der Waals surface area contributed by atoms with Crippen molar-refractivity contribution in [2.45, 2.75) is 57.0 Å². The molecular formula is C23H28N2O2. The molecule has 0 spiro atoms. The van der Waals surface area contributed by atoms with E-state index in [2.05, 4.69) is 34.6 Å². The molecule has 6 rings (SSSR count). The predicted molar refractivity (Wildman–Crippen MR) is 105 cm³/mol. The summed E-state index contributed by atoms with van der Waals surface area (Å²) in [5.74, 6) is 1.41. The van der Waals surface area contributed by atoms with Gasteiger partial charge in [0.05, 0.1) is 11.1 Å². The minimum Gasteiger partial charge on any atom is -0.390 e. The summed E-state index contributed by atoms with van der Waals surface area (Å²) in [6.45, 7) is 0.641. The van der Waals surface area contributed by atoms with Gasteiger partial charge in [0, 0.05) is 24.5 Å². The van der Waals surface area contributed by atoms with Crippen LogP contribution in [0.4, 0.5) is 0 Å². The van der Waals surface area contributed by atoms with Gasteiger partial charge in [-0.05, 0) is 73.8 Å². The highest BCUT2D eigenvalue weighted by molar-refractivity contribution is 5.81. The summed E-state index contributed by atoms with van der Waals surface area (Å²) in [6.07, 6.45) is 9.47. The summed E-state index contributed by atoms with van der Waals surface area (Å²) in [5, 5.41) is 15.1. The molecule has 27 heavy (non-hydrogen) atoms. The van der Waals surface area contributed by atoms with E-state index >= 15 is 0 Å². The molecule has 2 aromatic rings. The largest absolute Gasteiger partial charge is 0.390 e. The number of nitrogens with one attached hydrogen (secondary N) is 1. The summed E-state index contributed by atoms with van der Waals surface area (Å²) >= 11 is 0. The van der Waals surface area contributed by atoms with Crippen molar-refractivity contribution in [3.8, 4) is 0 Å². The number of aromatic nitrogens is 1. The average molecular weight is 364 g/mol. The summed E-state index contributed by atoms with van der Waals surface area (Å²) in [4.78, 5) is 17.2. The highest BCUT2D eigenvalue weighted by Crippen LogP contribution is 2.62. The van der Waals surface area contributed by atoms with Crippen LogP contribution in [0.3, 0.4) is 0 Å². The van der Waals surface area contributed by atoms with Crippen LogP contribution in [0.5, 0.6) is 0 Å². The second kappa shape index (κ2) is 6.30. The van der Waals surface area contributed by atoms with Gasteiger partial charge in [0.2, 0.25) is 5.91 Å². The zero-order valence-electron chi connectivity index (χ0n) is 15.8. The van der Waals surface area contributed by atoms with E-state index in [4.69, 9.17) is 0 Å². The van der Waals surface area contributed by atoms with Gasteiger partial charge in [0.1, 0.15) is 0 Å². The zero-order chi connectivity index (χ0) is 18.5. The summed E-state index contributed by atoms with van der Waals surface area (Å²) < 4.78 is 0. The molecular weight excluding hydrogens is 336 g/mol. The number of pyridine rings is 1. The maximum Gasteiger partial charge on any atom is 0.220 e. The molecule has 4 heteroatoms. The smallest absolute Gasteiger partial charge is 0.220 e. The topological polar surface area (TPSA) is 62.2 Å². The van der Waals surface area contributed by atoms with Gasteiger partial charge in [-0.15, -0.1) is 0 Å². The number of aliphatic hydroxyl groups is 1. The van der Waals surface area contributed by atoms with Gasteiger partial charge in [-0.25, -0.2) is 0 Å². The number of benzene rings is 1. The first-order valence-corrected chi connectivity index (χ1v) is 10.3. The van der Waals surface area contributed by atoms with Crippen LogP contribution < -0.4 is 5.32 Å². The summed E-state index contributed by atoms with van der Waals surface area (Å²) in [6, 6.07) is 10.2. The zero-order valence-corrected chi connectivity index (χ0v) is 15.8. The van der Waals surface area contributed by atoms with E-state index in [9.17, 15) is 9.90 Å². The number of fused-ring (bicyclic) bond motifs is 1. The van der Waals surface area contributed by atoms with E-state index in [1.54, 1.807) is 0 Å². The first-order chi connectivity index (χ1) is 13.0. The minimum atomic E-state index is -0.487. The highest BCUT2D eigenvalue weighted by atomic mass is 16.3. The molecule has 1 amide bonds. The number of rotatable bonds is 5. The SMILES string of the molecule is O=C(CC12CC3CC(CC(O)(C3)C1)C2)NCCc1cccc2cccnc12. The van der Waals surface area contributed by atoms with Gasteiger partial charge < -0.3 is 10.4 Å². The molecule has 1 aromatic carbocycles. The maximum absolute atomic E-state index is 12.7. The van der Waals surface area contributed by atoms with Crippen molar-refractivity contribution in [1.29, 1.82) is 0 Å². The molecule has 2 atom stereocenters. The van der Waals surface area contributed by atoms with E-state index in [1.807, 2.05) is 12.3 Å². The van der Waals surface area contributed by atoms with Crippen LogP contribution in [0.2, 0.25) is 0 Å². The fraction of sp³-hybridized carbons (Fsp3) is 0.565. The van der Waals surface area contributed by atoms with E-state index in [-0.39, 0.29) is 11.3 Å². The predicted octanol–water partition coefficient (Wildman–Crippen LogP) is 3.61. The lowest BCUT2D eigenvalue weighted by atomic mass is 9.47. The van der Waals surface area contributed by atoms with E-state index in [0.29, 0.717) is 24.8 Å².